The number of aromatic nitrogens is 2. The van der Waals surface area contributed by atoms with Crippen molar-refractivity contribution in [3.63, 3.8) is 0 Å². The molecule has 2 atom stereocenters. The molecule has 4 rings (SSSR count). The number of ether oxygens (including phenoxy) is 2. The topological polar surface area (TPSA) is 88.5 Å². The van der Waals surface area contributed by atoms with Gasteiger partial charge in [-0.25, -0.2) is 9.97 Å². The minimum absolute atomic E-state index is 0.111. The van der Waals surface area contributed by atoms with Crippen molar-refractivity contribution in [3.05, 3.63) is 40.5 Å². The Morgan fingerprint density at radius 1 is 1.17 bits per heavy atom. The standard InChI is InChI=1S/C21H22Cl2N4O3/c1-29-16-7-17(30-2)20(23)18(19(16)22)11-3-4-15-12(5-11)8-25-21(27-15)26-13-6-14(10-28)24-9-13/h3-5,7-8,13-14,24,28H,6,9-10H2,1-2H3,(H,25,26,27)/t13-,14-/m0/s1. The van der Waals surface area contributed by atoms with Crippen molar-refractivity contribution in [2.24, 2.45) is 0 Å². The van der Waals surface area contributed by atoms with Gasteiger partial charge in [0.05, 0.1) is 36.4 Å². The molecule has 30 heavy (non-hydrogen) atoms. The zero-order valence-corrected chi connectivity index (χ0v) is 18.1. The highest BCUT2D eigenvalue weighted by molar-refractivity contribution is 6.41. The van der Waals surface area contributed by atoms with Crippen LogP contribution in [-0.2, 0) is 0 Å². The number of rotatable bonds is 6. The van der Waals surface area contributed by atoms with Crippen LogP contribution in [0.25, 0.3) is 22.0 Å². The Kier molecular flexibility index (Phi) is 6.15. The van der Waals surface area contributed by atoms with Gasteiger partial charge < -0.3 is 25.2 Å². The summed E-state index contributed by atoms with van der Waals surface area (Å²) in [4.78, 5) is 9.05. The molecule has 0 saturated carbocycles. The van der Waals surface area contributed by atoms with Gasteiger partial charge in [-0.3, -0.25) is 0 Å². The van der Waals surface area contributed by atoms with E-state index in [4.69, 9.17) is 32.7 Å². The summed E-state index contributed by atoms with van der Waals surface area (Å²) in [6.07, 6.45) is 2.59. The molecule has 0 spiro atoms. The minimum atomic E-state index is 0.111. The van der Waals surface area contributed by atoms with E-state index in [1.54, 1.807) is 26.5 Å². The van der Waals surface area contributed by atoms with E-state index in [-0.39, 0.29) is 18.7 Å². The Bertz CT molecular complexity index is 1050. The first-order valence-corrected chi connectivity index (χ1v) is 10.3. The van der Waals surface area contributed by atoms with Crippen molar-refractivity contribution in [2.75, 3.05) is 32.7 Å². The average molecular weight is 449 g/mol. The van der Waals surface area contributed by atoms with Crippen LogP contribution in [0, 0.1) is 0 Å². The quantitative estimate of drug-likeness (QED) is 0.528. The van der Waals surface area contributed by atoms with Crippen LogP contribution >= 0.6 is 23.2 Å². The van der Waals surface area contributed by atoms with Gasteiger partial charge in [-0.1, -0.05) is 29.3 Å². The van der Waals surface area contributed by atoms with Crippen LogP contribution < -0.4 is 20.1 Å². The van der Waals surface area contributed by atoms with Gasteiger partial charge in [-0.15, -0.1) is 0 Å². The molecule has 1 aromatic heterocycles. The fourth-order valence-corrected chi connectivity index (χ4v) is 4.37. The Hall–Kier alpha value is -2.32. The van der Waals surface area contributed by atoms with Crippen molar-refractivity contribution < 1.29 is 14.6 Å². The maximum atomic E-state index is 9.26. The van der Waals surface area contributed by atoms with E-state index < -0.39 is 0 Å². The van der Waals surface area contributed by atoms with Gasteiger partial charge in [0.25, 0.3) is 0 Å². The SMILES string of the molecule is COc1cc(OC)c(Cl)c(-c2ccc3nc(N[C@@H]4CN[C@H](CO)C4)ncc3c2)c1Cl. The summed E-state index contributed by atoms with van der Waals surface area (Å²) in [5.41, 5.74) is 2.23. The summed E-state index contributed by atoms with van der Waals surface area (Å²) in [6, 6.07) is 7.70. The smallest absolute Gasteiger partial charge is 0.223 e. The van der Waals surface area contributed by atoms with Crippen LogP contribution in [0.15, 0.2) is 30.5 Å². The molecule has 0 bridgehead atoms. The second kappa shape index (κ2) is 8.81. The minimum Gasteiger partial charge on any atom is -0.495 e. The van der Waals surface area contributed by atoms with E-state index in [0.29, 0.717) is 33.1 Å². The predicted molar refractivity (Wildman–Crippen MR) is 119 cm³/mol. The van der Waals surface area contributed by atoms with Crippen LogP contribution in [0.2, 0.25) is 10.0 Å². The van der Waals surface area contributed by atoms with Gasteiger partial charge in [0.1, 0.15) is 11.5 Å². The summed E-state index contributed by atoms with van der Waals surface area (Å²) in [6.45, 7) is 0.889. The Balaban J connectivity index is 1.67. The van der Waals surface area contributed by atoms with Crippen molar-refractivity contribution in [1.29, 1.82) is 0 Å². The summed E-state index contributed by atoms with van der Waals surface area (Å²) in [5, 5.41) is 17.5. The largest absolute Gasteiger partial charge is 0.495 e. The zero-order valence-electron chi connectivity index (χ0n) is 16.6. The summed E-state index contributed by atoms with van der Waals surface area (Å²) < 4.78 is 10.7. The highest BCUT2D eigenvalue weighted by atomic mass is 35.5. The molecule has 158 valence electrons. The van der Waals surface area contributed by atoms with Gasteiger partial charge in [0.2, 0.25) is 5.95 Å². The molecule has 1 fully saturated rings. The number of benzene rings is 2. The van der Waals surface area contributed by atoms with Crippen LogP contribution in [0.3, 0.4) is 0 Å². The van der Waals surface area contributed by atoms with Crippen LogP contribution in [0.5, 0.6) is 11.5 Å². The number of methoxy groups -OCH3 is 2. The molecular formula is C21H22Cl2N4O3. The van der Waals surface area contributed by atoms with Crippen LogP contribution in [0.4, 0.5) is 5.95 Å². The number of aliphatic hydroxyl groups is 1. The number of nitrogens with one attached hydrogen (secondary N) is 2. The molecule has 0 aliphatic carbocycles. The second-order valence-electron chi connectivity index (χ2n) is 7.12. The Labute approximate surface area is 184 Å². The molecule has 0 amide bonds. The predicted octanol–water partition coefficient (Wildman–Crippen LogP) is 3.76. The third-order valence-corrected chi connectivity index (χ3v) is 5.97. The number of hydrogen-bond acceptors (Lipinski definition) is 7. The lowest BCUT2D eigenvalue weighted by atomic mass is 10.0. The molecule has 2 aromatic carbocycles. The third-order valence-electron chi connectivity index (χ3n) is 5.22. The van der Waals surface area contributed by atoms with E-state index in [2.05, 4.69) is 20.6 Å². The number of fused-ring (bicyclic) bond motifs is 1. The fourth-order valence-electron chi connectivity index (χ4n) is 3.65. The van der Waals surface area contributed by atoms with E-state index in [1.165, 1.54) is 0 Å². The molecule has 1 aliphatic rings. The summed E-state index contributed by atoms with van der Waals surface area (Å²) in [5.74, 6) is 1.52. The van der Waals surface area contributed by atoms with Gasteiger partial charge >= 0.3 is 0 Å². The number of anilines is 1. The molecule has 3 N–H and O–H groups in total. The van der Waals surface area contributed by atoms with Crippen molar-refractivity contribution in [1.82, 2.24) is 15.3 Å². The highest BCUT2D eigenvalue weighted by Crippen LogP contribution is 2.46. The van der Waals surface area contributed by atoms with Crippen LogP contribution in [-0.4, -0.2) is 54.5 Å². The van der Waals surface area contributed by atoms with Gasteiger partial charge in [-0.2, -0.15) is 0 Å². The molecule has 9 heteroatoms. The molecule has 3 aromatic rings. The lowest BCUT2D eigenvalue weighted by Gasteiger charge is -2.15. The molecular weight excluding hydrogens is 427 g/mol. The van der Waals surface area contributed by atoms with Gasteiger partial charge in [-0.05, 0) is 24.1 Å². The van der Waals surface area contributed by atoms with Crippen molar-refractivity contribution in [3.8, 4) is 22.6 Å². The summed E-state index contributed by atoms with van der Waals surface area (Å²) in [7, 11) is 3.09. The number of nitrogens with zero attached hydrogens (tertiary/aromatic N) is 2. The van der Waals surface area contributed by atoms with Crippen molar-refractivity contribution in [2.45, 2.75) is 18.5 Å². The Morgan fingerprint density at radius 2 is 1.90 bits per heavy atom. The summed E-state index contributed by atoms with van der Waals surface area (Å²) >= 11 is 13.1. The van der Waals surface area contributed by atoms with E-state index in [0.717, 1.165) is 29.4 Å². The number of halogens is 2. The molecule has 7 nitrogen and oxygen atoms in total. The van der Waals surface area contributed by atoms with E-state index in [9.17, 15) is 5.11 Å². The maximum absolute atomic E-state index is 9.26. The third kappa shape index (κ3) is 3.98. The molecule has 1 saturated heterocycles. The highest BCUT2D eigenvalue weighted by Gasteiger charge is 2.24. The molecule has 0 radical (unpaired) electrons. The van der Waals surface area contributed by atoms with Gasteiger partial charge in [0, 0.05) is 41.8 Å². The maximum Gasteiger partial charge on any atom is 0.223 e. The normalized spacial score (nSPS) is 18.6. The second-order valence-corrected chi connectivity index (χ2v) is 7.87. The first kappa shape index (κ1) is 20.9. The van der Waals surface area contributed by atoms with Gasteiger partial charge in [0.15, 0.2) is 0 Å². The fraction of sp³-hybridized carbons (Fsp3) is 0.333. The molecule has 1 aliphatic heterocycles. The molecule has 0 unspecified atom stereocenters. The van der Waals surface area contributed by atoms with Crippen molar-refractivity contribution >= 4 is 40.1 Å². The zero-order chi connectivity index (χ0) is 21.3. The lowest BCUT2D eigenvalue weighted by molar-refractivity contribution is 0.254. The first-order chi connectivity index (χ1) is 14.5. The number of hydrogen-bond donors (Lipinski definition) is 3. The van der Waals surface area contributed by atoms with E-state index >= 15 is 0 Å². The lowest BCUT2D eigenvalue weighted by Crippen LogP contribution is -2.25. The van der Waals surface area contributed by atoms with E-state index in [1.807, 2.05) is 18.2 Å². The Morgan fingerprint density at radius 3 is 2.53 bits per heavy atom. The average Bonchev–Trinajstić information content (AvgIpc) is 3.21. The first-order valence-electron chi connectivity index (χ1n) is 9.52. The molecule has 2 heterocycles. The van der Waals surface area contributed by atoms with Crippen LogP contribution in [0.1, 0.15) is 6.42 Å². The number of aliphatic hydroxyl groups excluding tert-OH is 1. The monoisotopic (exact) mass is 448 g/mol.